The molecule has 1 rings (SSSR count). The minimum Gasteiger partial charge on any atom is -0.469 e. The summed E-state index contributed by atoms with van der Waals surface area (Å²) in [6.07, 6.45) is 2.91. The fraction of sp³-hybridized carbons (Fsp3) is 0.429. The fourth-order valence-electron chi connectivity index (χ4n) is 1.75. The normalized spacial score (nSPS) is 12.9. The van der Waals surface area contributed by atoms with Gasteiger partial charge < -0.3 is 14.8 Å². The van der Waals surface area contributed by atoms with Crippen molar-refractivity contribution in [2.75, 3.05) is 14.2 Å². The molecule has 0 saturated heterocycles. The molecule has 1 aromatic heterocycles. The molecule has 21 heavy (non-hydrogen) atoms. The number of pyridine rings is 1. The van der Waals surface area contributed by atoms with Crippen molar-refractivity contribution in [2.45, 2.75) is 19.4 Å². The fourth-order valence-corrected chi connectivity index (χ4v) is 1.75. The molecule has 0 aromatic carbocycles. The Labute approximate surface area is 122 Å². The Morgan fingerprint density at radius 1 is 1.29 bits per heavy atom. The van der Waals surface area contributed by atoms with Crippen molar-refractivity contribution >= 4 is 17.8 Å². The van der Waals surface area contributed by atoms with E-state index in [0.717, 1.165) is 0 Å². The van der Waals surface area contributed by atoms with Crippen molar-refractivity contribution in [3.05, 3.63) is 30.1 Å². The lowest BCUT2D eigenvalue weighted by Crippen LogP contribution is -2.46. The summed E-state index contributed by atoms with van der Waals surface area (Å²) in [7, 11) is 2.48. The first-order valence-corrected chi connectivity index (χ1v) is 6.35. The molecule has 0 spiro atoms. The maximum atomic E-state index is 12.1. The number of carbonyl (C=O) groups excluding carboxylic acids is 3. The molecule has 0 aliphatic heterocycles. The van der Waals surface area contributed by atoms with Gasteiger partial charge in [0.1, 0.15) is 6.04 Å². The van der Waals surface area contributed by atoms with Gasteiger partial charge in [-0.2, -0.15) is 0 Å². The number of nitrogens with one attached hydrogen (secondary N) is 1. The first kappa shape index (κ1) is 16.6. The Morgan fingerprint density at radius 3 is 2.52 bits per heavy atom. The summed E-state index contributed by atoms with van der Waals surface area (Å²) in [6.45, 7) is 1.65. The quantitative estimate of drug-likeness (QED) is 0.770. The summed E-state index contributed by atoms with van der Waals surface area (Å²) in [5.74, 6) is -2.02. The van der Waals surface area contributed by atoms with E-state index in [4.69, 9.17) is 0 Å². The molecule has 0 saturated carbocycles. The minimum absolute atomic E-state index is 0.0103. The topological polar surface area (TPSA) is 94.6 Å². The van der Waals surface area contributed by atoms with Crippen molar-refractivity contribution in [3.8, 4) is 0 Å². The van der Waals surface area contributed by atoms with E-state index in [1.807, 2.05) is 0 Å². The second-order valence-electron chi connectivity index (χ2n) is 4.47. The number of aromatic nitrogens is 1. The van der Waals surface area contributed by atoms with Gasteiger partial charge in [0.2, 0.25) is 0 Å². The molecule has 7 heteroatoms. The third-order valence-electron chi connectivity index (χ3n) is 2.95. The number of methoxy groups -OCH3 is 2. The van der Waals surface area contributed by atoms with E-state index in [9.17, 15) is 14.4 Å². The van der Waals surface area contributed by atoms with Gasteiger partial charge in [0.05, 0.1) is 26.2 Å². The SMILES string of the molecule is COC(=O)C[C@H](C)[C@H](NC(=O)c1cccnc1)C(=O)OC. The summed E-state index contributed by atoms with van der Waals surface area (Å²) >= 11 is 0. The first-order valence-electron chi connectivity index (χ1n) is 6.35. The average molecular weight is 294 g/mol. The summed E-state index contributed by atoms with van der Waals surface area (Å²) in [4.78, 5) is 39.0. The smallest absolute Gasteiger partial charge is 0.328 e. The van der Waals surface area contributed by atoms with Crippen LogP contribution in [0.4, 0.5) is 0 Å². The van der Waals surface area contributed by atoms with E-state index in [-0.39, 0.29) is 6.42 Å². The van der Waals surface area contributed by atoms with Gasteiger partial charge >= 0.3 is 11.9 Å². The number of ether oxygens (including phenoxy) is 2. The number of esters is 2. The van der Waals surface area contributed by atoms with Gasteiger partial charge in [-0.1, -0.05) is 6.92 Å². The Balaban J connectivity index is 2.81. The van der Waals surface area contributed by atoms with Crippen LogP contribution in [0.2, 0.25) is 0 Å². The van der Waals surface area contributed by atoms with Crippen LogP contribution < -0.4 is 5.32 Å². The Hall–Kier alpha value is -2.44. The van der Waals surface area contributed by atoms with Crippen LogP contribution in [0, 0.1) is 5.92 Å². The predicted molar refractivity (Wildman–Crippen MR) is 73.3 cm³/mol. The van der Waals surface area contributed by atoms with E-state index in [1.54, 1.807) is 19.1 Å². The van der Waals surface area contributed by atoms with Crippen molar-refractivity contribution in [1.29, 1.82) is 0 Å². The van der Waals surface area contributed by atoms with Crippen molar-refractivity contribution in [3.63, 3.8) is 0 Å². The Morgan fingerprint density at radius 2 is 2.00 bits per heavy atom. The van der Waals surface area contributed by atoms with Gasteiger partial charge in [-0.3, -0.25) is 14.6 Å². The number of amides is 1. The molecule has 1 aromatic rings. The van der Waals surface area contributed by atoms with E-state index in [1.165, 1.54) is 26.6 Å². The molecule has 114 valence electrons. The van der Waals surface area contributed by atoms with Crippen LogP contribution in [-0.4, -0.2) is 43.1 Å². The zero-order valence-corrected chi connectivity index (χ0v) is 12.2. The first-order chi connectivity index (χ1) is 9.99. The summed E-state index contributed by atoms with van der Waals surface area (Å²) in [6, 6.07) is 2.24. The van der Waals surface area contributed by atoms with Gasteiger partial charge in [0, 0.05) is 12.4 Å². The van der Waals surface area contributed by atoms with E-state index in [2.05, 4.69) is 19.8 Å². The number of hydrogen-bond acceptors (Lipinski definition) is 6. The van der Waals surface area contributed by atoms with E-state index >= 15 is 0 Å². The lowest BCUT2D eigenvalue weighted by atomic mass is 9.98. The molecule has 1 heterocycles. The molecule has 7 nitrogen and oxygen atoms in total. The van der Waals surface area contributed by atoms with Crippen molar-refractivity contribution in [1.82, 2.24) is 10.3 Å². The summed E-state index contributed by atoms with van der Waals surface area (Å²) in [5.41, 5.74) is 0.316. The highest BCUT2D eigenvalue weighted by molar-refractivity contribution is 5.96. The maximum Gasteiger partial charge on any atom is 0.328 e. The molecule has 0 unspecified atom stereocenters. The van der Waals surface area contributed by atoms with Crippen LogP contribution in [0.5, 0.6) is 0 Å². The third-order valence-corrected chi connectivity index (χ3v) is 2.95. The zero-order valence-electron chi connectivity index (χ0n) is 12.2. The maximum absolute atomic E-state index is 12.1. The standard InChI is InChI=1S/C14H18N2O5/c1-9(7-11(17)20-2)12(14(19)21-3)16-13(18)10-5-4-6-15-8-10/h4-6,8-9,12H,7H2,1-3H3,(H,16,18)/t9-,12-/m0/s1. The molecule has 0 radical (unpaired) electrons. The van der Waals surface area contributed by atoms with Crippen LogP contribution >= 0.6 is 0 Å². The molecular formula is C14H18N2O5. The van der Waals surface area contributed by atoms with Gasteiger partial charge in [0.15, 0.2) is 0 Å². The molecule has 2 atom stereocenters. The largest absolute Gasteiger partial charge is 0.469 e. The van der Waals surface area contributed by atoms with Crippen LogP contribution in [0.25, 0.3) is 0 Å². The predicted octanol–water partition coefficient (Wildman–Crippen LogP) is 0.552. The highest BCUT2D eigenvalue weighted by Crippen LogP contribution is 2.12. The molecule has 0 bridgehead atoms. The monoisotopic (exact) mass is 294 g/mol. The van der Waals surface area contributed by atoms with Gasteiger partial charge in [0.25, 0.3) is 5.91 Å². The summed E-state index contributed by atoms with van der Waals surface area (Å²) < 4.78 is 9.22. The van der Waals surface area contributed by atoms with Gasteiger partial charge in [-0.25, -0.2) is 4.79 Å². The minimum atomic E-state index is -0.943. The lowest BCUT2D eigenvalue weighted by molar-refractivity contribution is -0.146. The van der Waals surface area contributed by atoms with Crippen LogP contribution in [0.3, 0.4) is 0 Å². The average Bonchev–Trinajstić information content (AvgIpc) is 2.52. The Kier molecular flexibility index (Phi) is 6.32. The number of hydrogen-bond donors (Lipinski definition) is 1. The zero-order chi connectivity index (χ0) is 15.8. The molecule has 0 aliphatic rings. The van der Waals surface area contributed by atoms with Crippen molar-refractivity contribution < 1.29 is 23.9 Å². The van der Waals surface area contributed by atoms with E-state index in [0.29, 0.717) is 5.56 Å². The molecule has 0 fully saturated rings. The van der Waals surface area contributed by atoms with E-state index < -0.39 is 29.8 Å². The Bertz CT molecular complexity index is 503. The molecule has 1 amide bonds. The second kappa shape index (κ2) is 7.98. The summed E-state index contributed by atoms with van der Waals surface area (Å²) in [5, 5.41) is 2.55. The highest BCUT2D eigenvalue weighted by Gasteiger charge is 2.29. The number of carbonyl (C=O) groups is 3. The van der Waals surface area contributed by atoms with Crippen LogP contribution in [0.1, 0.15) is 23.7 Å². The lowest BCUT2D eigenvalue weighted by Gasteiger charge is -2.22. The van der Waals surface area contributed by atoms with Crippen molar-refractivity contribution in [2.24, 2.45) is 5.92 Å². The number of nitrogens with zero attached hydrogens (tertiary/aromatic N) is 1. The van der Waals surface area contributed by atoms with Gasteiger partial charge in [-0.05, 0) is 18.1 Å². The van der Waals surface area contributed by atoms with Crippen LogP contribution in [-0.2, 0) is 19.1 Å². The second-order valence-corrected chi connectivity index (χ2v) is 4.47. The molecule has 0 aliphatic carbocycles. The number of rotatable bonds is 6. The molecule has 1 N–H and O–H groups in total. The van der Waals surface area contributed by atoms with Gasteiger partial charge in [-0.15, -0.1) is 0 Å². The molecular weight excluding hydrogens is 276 g/mol. The van der Waals surface area contributed by atoms with Crippen LogP contribution in [0.15, 0.2) is 24.5 Å². The third kappa shape index (κ3) is 4.87. The highest BCUT2D eigenvalue weighted by atomic mass is 16.5.